The molecule has 1 aromatic rings. The standard InChI is InChI=1S/C12H17NO3S.2C2H6/c1-2-11-3-5-12(6-4-11)17(14,15)13-7-9-16-10-8-13;2*1-2/h3-6H,2,7-10H2,1H3;2*1-2H3. The maximum absolute atomic E-state index is 12.3. The topological polar surface area (TPSA) is 46.6 Å². The number of hydrogen-bond donors (Lipinski definition) is 0. The molecule has 2 rings (SSSR count). The van der Waals surface area contributed by atoms with Crippen molar-refractivity contribution in [1.29, 1.82) is 0 Å². The zero-order chi connectivity index (χ0) is 16.3. The lowest BCUT2D eigenvalue weighted by molar-refractivity contribution is 0.0730. The van der Waals surface area contributed by atoms with Gasteiger partial charge in [-0.25, -0.2) is 8.42 Å². The lowest BCUT2D eigenvalue weighted by atomic mass is 10.2. The average molecular weight is 315 g/mol. The molecule has 1 aliphatic heterocycles. The largest absolute Gasteiger partial charge is 0.379 e. The second-order valence-electron chi connectivity index (χ2n) is 4.01. The van der Waals surface area contributed by atoms with Gasteiger partial charge in [0, 0.05) is 13.1 Å². The maximum Gasteiger partial charge on any atom is 0.243 e. The molecule has 0 N–H and O–H groups in total. The lowest BCUT2D eigenvalue weighted by Crippen LogP contribution is -2.40. The zero-order valence-corrected chi connectivity index (χ0v) is 14.7. The third-order valence-corrected chi connectivity index (χ3v) is 4.85. The number of benzene rings is 1. The highest BCUT2D eigenvalue weighted by Gasteiger charge is 2.25. The molecule has 1 aliphatic rings. The fraction of sp³-hybridized carbons (Fsp3) is 0.625. The molecular weight excluding hydrogens is 286 g/mol. The first-order valence-electron chi connectivity index (χ1n) is 7.81. The van der Waals surface area contributed by atoms with Crippen LogP contribution in [0.1, 0.15) is 40.2 Å². The predicted octanol–water partition coefficient (Wildman–Crippen LogP) is 3.32. The number of aryl methyl sites for hydroxylation is 1. The molecule has 0 amide bonds. The van der Waals surface area contributed by atoms with Crippen LogP contribution in [0, 0.1) is 0 Å². The van der Waals surface area contributed by atoms with E-state index in [-0.39, 0.29) is 0 Å². The summed E-state index contributed by atoms with van der Waals surface area (Å²) in [5.41, 5.74) is 1.14. The summed E-state index contributed by atoms with van der Waals surface area (Å²) in [5, 5.41) is 0. The van der Waals surface area contributed by atoms with E-state index < -0.39 is 10.0 Å². The van der Waals surface area contributed by atoms with E-state index in [1.807, 2.05) is 46.8 Å². The SMILES string of the molecule is CC.CC.CCc1ccc(S(=O)(=O)N2CCOCC2)cc1. The summed E-state index contributed by atoms with van der Waals surface area (Å²) in [6, 6.07) is 7.11. The van der Waals surface area contributed by atoms with Gasteiger partial charge >= 0.3 is 0 Å². The second-order valence-corrected chi connectivity index (χ2v) is 5.95. The van der Waals surface area contributed by atoms with E-state index in [2.05, 4.69) is 0 Å². The van der Waals surface area contributed by atoms with Crippen molar-refractivity contribution in [1.82, 2.24) is 4.31 Å². The van der Waals surface area contributed by atoms with Crippen LogP contribution in [0.15, 0.2) is 29.2 Å². The van der Waals surface area contributed by atoms with Gasteiger partial charge in [-0.1, -0.05) is 46.8 Å². The van der Waals surface area contributed by atoms with Crippen LogP contribution >= 0.6 is 0 Å². The normalized spacial score (nSPS) is 15.3. The van der Waals surface area contributed by atoms with Gasteiger partial charge in [-0.15, -0.1) is 0 Å². The van der Waals surface area contributed by atoms with Crippen LogP contribution in [0.2, 0.25) is 0 Å². The molecule has 4 nitrogen and oxygen atoms in total. The Morgan fingerprint density at radius 3 is 1.90 bits per heavy atom. The molecule has 0 bridgehead atoms. The maximum atomic E-state index is 12.3. The van der Waals surface area contributed by atoms with Gasteiger partial charge in [0.2, 0.25) is 10.0 Å². The number of morpholine rings is 1. The summed E-state index contributed by atoms with van der Waals surface area (Å²) in [6.07, 6.45) is 0.915. The fourth-order valence-electron chi connectivity index (χ4n) is 1.83. The third-order valence-electron chi connectivity index (χ3n) is 2.94. The van der Waals surface area contributed by atoms with Crippen molar-refractivity contribution in [3.8, 4) is 0 Å². The highest BCUT2D eigenvalue weighted by Crippen LogP contribution is 2.17. The Kier molecular flexibility index (Phi) is 10.3. The quantitative estimate of drug-likeness (QED) is 0.859. The molecule has 0 unspecified atom stereocenters. The van der Waals surface area contributed by atoms with E-state index in [4.69, 9.17) is 4.74 Å². The first kappa shape index (κ1) is 20.1. The summed E-state index contributed by atoms with van der Waals surface area (Å²) in [4.78, 5) is 0.372. The molecule has 1 heterocycles. The molecule has 1 fully saturated rings. The van der Waals surface area contributed by atoms with Crippen molar-refractivity contribution in [3.63, 3.8) is 0 Å². The molecule has 0 radical (unpaired) electrons. The second kappa shape index (κ2) is 10.8. The van der Waals surface area contributed by atoms with Gasteiger partial charge in [0.05, 0.1) is 18.1 Å². The molecule has 0 spiro atoms. The molecule has 21 heavy (non-hydrogen) atoms. The minimum Gasteiger partial charge on any atom is -0.379 e. The van der Waals surface area contributed by atoms with E-state index in [9.17, 15) is 8.42 Å². The van der Waals surface area contributed by atoms with Gasteiger partial charge in [-0.05, 0) is 24.1 Å². The van der Waals surface area contributed by atoms with Crippen LogP contribution in [0.4, 0.5) is 0 Å². The number of hydrogen-bond acceptors (Lipinski definition) is 3. The van der Waals surface area contributed by atoms with Crippen molar-refractivity contribution in [2.45, 2.75) is 45.9 Å². The fourth-order valence-corrected chi connectivity index (χ4v) is 3.24. The monoisotopic (exact) mass is 315 g/mol. The Morgan fingerprint density at radius 1 is 1.00 bits per heavy atom. The molecule has 1 aromatic carbocycles. The van der Waals surface area contributed by atoms with Crippen LogP contribution in [0.3, 0.4) is 0 Å². The minimum atomic E-state index is -3.33. The molecule has 0 aromatic heterocycles. The average Bonchev–Trinajstić information content (AvgIpc) is 2.59. The van der Waals surface area contributed by atoms with E-state index >= 15 is 0 Å². The Morgan fingerprint density at radius 2 is 1.48 bits per heavy atom. The van der Waals surface area contributed by atoms with Crippen molar-refractivity contribution in [2.24, 2.45) is 0 Å². The summed E-state index contributed by atoms with van der Waals surface area (Å²) in [7, 11) is -3.33. The minimum absolute atomic E-state index is 0.372. The highest BCUT2D eigenvalue weighted by molar-refractivity contribution is 7.89. The Hall–Kier alpha value is -0.910. The first-order valence-corrected chi connectivity index (χ1v) is 9.25. The van der Waals surface area contributed by atoms with Gasteiger partial charge in [-0.3, -0.25) is 0 Å². The Bertz CT molecular complexity index is 463. The number of rotatable bonds is 3. The van der Waals surface area contributed by atoms with Gasteiger partial charge in [0.15, 0.2) is 0 Å². The number of ether oxygens (including phenoxy) is 1. The van der Waals surface area contributed by atoms with E-state index in [0.717, 1.165) is 12.0 Å². The molecule has 0 saturated carbocycles. The number of nitrogens with zero attached hydrogens (tertiary/aromatic N) is 1. The number of sulfonamides is 1. The smallest absolute Gasteiger partial charge is 0.243 e. The van der Waals surface area contributed by atoms with E-state index in [1.165, 1.54) is 4.31 Å². The van der Waals surface area contributed by atoms with Crippen LogP contribution in [-0.2, 0) is 21.2 Å². The Labute approximate surface area is 130 Å². The molecular formula is C16H29NO3S. The summed E-state index contributed by atoms with van der Waals surface area (Å²) < 4.78 is 31.2. The summed E-state index contributed by atoms with van der Waals surface area (Å²) in [6.45, 7) is 11.9. The van der Waals surface area contributed by atoms with Crippen LogP contribution < -0.4 is 0 Å². The Balaban J connectivity index is 0.000000921. The van der Waals surface area contributed by atoms with Crippen molar-refractivity contribution in [2.75, 3.05) is 26.3 Å². The van der Waals surface area contributed by atoms with Crippen LogP contribution in [0.5, 0.6) is 0 Å². The molecule has 0 atom stereocenters. The van der Waals surface area contributed by atoms with Gasteiger partial charge in [-0.2, -0.15) is 4.31 Å². The van der Waals surface area contributed by atoms with Gasteiger partial charge in [0.1, 0.15) is 0 Å². The lowest BCUT2D eigenvalue weighted by Gasteiger charge is -2.26. The molecule has 122 valence electrons. The predicted molar refractivity (Wildman–Crippen MR) is 88.1 cm³/mol. The van der Waals surface area contributed by atoms with Crippen LogP contribution in [-0.4, -0.2) is 39.0 Å². The zero-order valence-electron chi connectivity index (χ0n) is 13.9. The van der Waals surface area contributed by atoms with Crippen LogP contribution in [0.25, 0.3) is 0 Å². The molecule has 1 saturated heterocycles. The van der Waals surface area contributed by atoms with E-state index in [1.54, 1.807) is 12.1 Å². The van der Waals surface area contributed by atoms with Crippen molar-refractivity contribution >= 4 is 10.0 Å². The highest BCUT2D eigenvalue weighted by atomic mass is 32.2. The summed E-state index contributed by atoms with van der Waals surface area (Å²) >= 11 is 0. The third kappa shape index (κ3) is 5.77. The molecule has 5 heteroatoms. The van der Waals surface area contributed by atoms with Gasteiger partial charge < -0.3 is 4.74 Å². The van der Waals surface area contributed by atoms with Crippen molar-refractivity contribution in [3.05, 3.63) is 29.8 Å². The van der Waals surface area contributed by atoms with Crippen molar-refractivity contribution < 1.29 is 13.2 Å². The van der Waals surface area contributed by atoms with E-state index in [0.29, 0.717) is 31.2 Å². The van der Waals surface area contributed by atoms with Gasteiger partial charge in [0.25, 0.3) is 0 Å². The first-order chi connectivity index (χ1) is 10.1. The summed E-state index contributed by atoms with van der Waals surface area (Å²) in [5.74, 6) is 0. The molecule has 0 aliphatic carbocycles.